The van der Waals surface area contributed by atoms with E-state index in [1.165, 1.54) is 0 Å². The van der Waals surface area contributed by atoms with Gasteiger partial charge in [0.25, 0.3) is 0 Å². The Kier molecular flexibility index (Phi) is 5.53. The molecule has 0 bridgehead atoms. The monoisotopic (exact) mass is 394 g/mol. The van der Waals surface area contributed by atoms with Gasteiger partial charge in [-0.2, -0.15) is 52.7 Å². The largest absolute Gasteiger partial charge is 0.384 e. The van der Waals surface area contributed by atoms with E-state index in [4.69, 9.17) is 20.4 Å². The van der Waals surface area contributed by atoms with E-state index in [2.05, 4.69) is 0 Å². The van der Waals surface area contributed by atoms with Crippen molar-refractivity contribution in [3.05, 3.63) is 0 Å². The minimum Gasteiger partial charge on any atom is -0.363 e. The molecule has 4 nitrogen and oxygen atoms in total. The van der Waals surface area contributed by atoms with Crippen LogP contribution in [-0.2, 0) is 0 Å². The van der Waals surface area contributed by atoms with Crippen LogP contribution in [0.5, 0.6) is 0 Å². The first-order chi connectivity index (χ1) is 10.1. The fourth-order valence-electron chi connectivity index (χ4n) is 1.14. The number of alkyl halides is 12. The third-order valence-electron chi connectivity index (χ3n) is 2.67. The lowest BCUT2D eigenvalue weighted by molar-refractivity contribution is -0.449. The van der Waals surface area contributed by atoms with Gasteiger partial charge in [-0.25, -0.2) is 0 Å². The van der Waals surface area contributed by atoms with E-state index in [-0.39, 0.29) is 0 Å². The molecule has 0 spiro atoms. The summed E-state index contributed by atoms with van der Waals surface area (Å²) in [5.41, 5.74) is 0. The molecule has 0 rings (SSSR count). The molecule has 0 saturated heterocycles. The van der Waals surface area contributed by atoms with Crippen molar-refractivity contribution in [3.8, 4) is 0 Å². The van der Waals surface area contributed by atoms with Gasteiger partial charge in [-0.15, -0.1) is 0 Å². The first-order valence-electron chi connectivity index (χ1n) is 5.13. The van der Waals surface area contributed by atoms with Crippen molar-refractivity contribution in [1.29, 1.82) is 0 Å². The predicted molar refractivity (Wildman–Crippen MR) is 46.1 cm³/mol. The van der Waals surface area contributed by atoms with Crippen molar-refractivity contribution < 1.29 is 73.1 Å². The lowest BCUT2D eigenvalue weighted by Crippen LogP contribution is -2.73. The number of aliphatic hydroxyl groups is 4. The molecule has 0 fully saturated rings. The third-order valence-corrected chi connectivity index (χ3v) is 2.67. The van der Waals surface area contributed by atoms with Gasteiger partial charge in [-0.1, -0.05) is 0 Å². The fourth-order valence-corrected chi connectivity index (χ4v) is 1.14. The molecule has 4 N–H and O–H groups in total. The summed E-state index contributed by atoms with van der Waals surface area (Å²) in [6.07, 6.45) is -9.54. The van der Waals surface area contributed by atoms with Crippen LogP contribution in [0.25, 0.3) is 0 Å². The van der Waals surface area contributed by atoms with Crippen molar-refractivity contribution in [1.82, 2.24) is 0 Å². The third kappa shape index (κ3) is 2.68. The Morgan fingerprint density at radius 1 is 0.375 bits per heavy atom. The van der Waals surface area contributed by atoms with Crippen LogP contribution in [0.15, 0.2) is 0 Å². The van der Waals surface area contributed by atoms with E-state index in [1.54, 1.807) is 0 Å². The average molecular weight is 394 g/mol. The highest BCUT2D eigenvalue weighted by atomic mass is 19.4. The highest BCUT2D eigenvalue weighted by molar-refractivity contribution is 5.12. The minimum absolute atomic E-state index is 4.77. The molecule has 16 heteroatoms. The zero-order valence-electron chi connectivity index (χ0n) is 10.5. The summed E-state index contributed by atoms with van der Waals surface area (Å²) in [5.74, 6) is -45.1. The Bertz CT molecular complexity index is 418. The second-order valence-corrected chi connectivity index (χ2v) is 4.29. The lowest BCUT2D eigenvalue weighted by atomic mass is 9.91. The maximum absolute atomic E-state index is 12.9. The molecular weight excluding hydrogens is 388 g/mol. The first kappa shape index (κ1) is 23.0. The highest BCUT2D eigenvalue weighted by Gasteiger charge is 2.91. The summed E-state index contributed by atoms with van der Waals surface area (Å²) in [6, 6.07) is 0. The van der Waals surface area contributed by atoms with E-state index in [9.17, 15) is 52.7 Å². The molecule has 0 radical (unpaired) electrons. The van der Waals surface area contributed by atoms with Crippen molar-refractivity contribution in [2.75, 3.05) is 0 Å². The van der Waals surface area contributed by atoms with Crippen molar-refractivity contribution in [2.24, 2.45) is 0 Å². The Balaban J connectivity index is 6.38. The second-order valence-electron chi connectivity index (χ2n) is 4.29. The maximum atomic E-state index is 12.9. The van der Waals surface area contributed by atoms with Gasteiger partial charge in [0, 0.05) is 0 Å². The van der Waals surface area contributed by atoms with E-state index in [0.717, 1.165) is 0 Å². The lowest BCUT2D eigenvalue weighted by Gasteiger charge is -2.41. The van der Waals surface area contributed by atoms with Crippen LogP contribution in [0.3, 0.4) is 0 Å². The van der Waals surface area contributed by atoms with E-state index >= 15 is 0 Å². The normalized spacial score (nSPS) is 16.2. The summed E-state index contributed by atoms with van der Waals surface area (Å²) in [7, 11) is 0. The molecule has 0 unspecified atom stereocenters. The van der Waals surface area contributed by atoms with Crippen molar-refractivity contribution in [3.63, 3.8) is 0 Å². The summed E-state index contributed by atoms with van der Waals surface area (Å²) >= 11 is 0. The van der Waals surface area contributed by atoms with E-state index in [0.29, 0.717) is 0 Å². The second kappa shape index (κ2) is 5.77. The average Bonchev–Trinajstić information content (AvgIpc) is 2.36. The number of hydrogen-bond donors (Lipinski definition) is 4. The summed E-state index contributed by atoms with van der Waals surface area (Å²) in [5, 5.41) is 31.3. The van der Waals surface area contributed by atoms with Crippen molar-refractivity contribution >= 4 is 0 Å². The molecule has 0 aliphatic heterocycles. The highest BCUT2D eigenvalue weighted by Crippen LogP contribution is 2.60. The van der Waals surface area contributed by atoms with Gasteiger partial charge in [-0.3, -0.25) is 0 Å². The van der Waals surface area contributed by atoms with Crippen LogP contribution >= 0.6 is 0 Å². The topological polar surface area (TPSA) is 80.9 Å². The van der Waals surface area contributed by atoms with Gasteiger partial charge >= 0.3 is 35.5 Å². The molecule has 0 amide bonds. The van der Waals surface area contributed by atoms with Crippen LogP contribution in [0.2, 0.25) is 0 Å². The number of hydrogen-bond acceptors (Lipinski definition) is 4. The van der Waals surface area contributed by atoms with Crippen LogP contribution in [-0.4, -0.2) is 68.5 Å². The van der Waals surface area contributed by atoms with Gasteiger partial charge in [0.05, 0.1) is 0 Å². The predicted octanol–water partition coefficient (Wildman–Crippen LogP) is 1.42. The van der Waals surface area contributed by atoms with Gasteiger partial charge in [0.2, 0.25) is 12.6 Å². The van der Waals surface area contributed by atoms with Gasteiger partial charge in [-0.05, 0) is 0 Å². The quantitative estimate of drug-likeness (QED) is 0.389. The number of rotatable bonds is 7. The van der Waals surface area contributed by atoms with E-state index < -0.39 is 48.1 Å². The van der Waals surface area contributed by atoms with Gasteiger partial charge in [0.15, 0.2) is 0 Å². The SMILES string of the molecule is OC(O)C(F)(F)C(F)(F)C(F)(F)C(F)(F)C(F)(F)C(F)(F)C(O)O. The van der Waals surface area contributed by atoms with Crippen LogP contribution < -0.4 is 0 Å². The molecule has 0 atom stereocenters. The standard InChI is InChI=1S/C8H6F12O4/c9-3(10,1(21)22)5(13,14)7(17,18)8(19,20)6(15,16)4(11,12)2(23)24/h1-2,21-24H. The summed E-state index contributed by atoms with van der Waals surface area (Å²) < 4.78 is 154. The fraction of sp³-hybridized carbons (Fsp3) is 1.00. The first-order valence-corrected chi connectivity index (χ1v) is 5.13. The molecule has 0 saturated carbocycles. The van der Waals surface area contributed by atoms with E-state index in [1.807, 2.05) is 0 Å². The van der Waals surface area contributed by atoms with Crippen LogP contribution in [0, 0.1) is 0 Å². The Labute approximate surface area is 122 Å². The smallest absolute Gasteiger partial charge is 0.363 e. The Morgan fingerprint density at radius 3 is 0.667 bits per heavy atom. The summed E-state index contributed by atoms with van der Waals surface area (Å²) in [4.78, 5) is 0. The Morgan fingerprint density at radius 2 is 0.542 bits per heavy atom. The molecular formula is C8H6F12O4. The molecule has 0 aromatic heterocycles. The molecule has 146 valence electrons. The molecule has 0 aliphatic rings. The maximum Gasteiger partial charge on any atom is 0.384 e. The zero-order valence-corrected chi connectivity index (χ0v) is 10.5. The van der Waals surface area contributed by atoms with Gasteiger partial charge < -0.3 is 20.4 Å². The minimum atomic E-state index is -8.00. The van der Waals surface area contributed by atoms with Crippen LogP contribution in [0.1, 0.15) is 0 Å². The Hall–Kier alpha value is -1.00. The van der Waals surface area contributed by atoms with Crippen LogP contribution in [0.4, 0.5) is 52.7 Å². The molecule has 0 aromatic carbocycles. The molecule has 0 aromatic rings. The molecule has 0 heterocycles. The van der Waals surface area contributed by atoms with Gasteiger partial charge in [0.1, 0.15) is 0 Å². The zero-order chi connectivity index (χ0) is 20.2. The molecule has 24 heavy (non-hydrogen) atoms. The van der Waals surface area contributed by atoms with Crippen molar-refractivity contribution in [2.45, 2.75) is 48.1 Å². The number of aliphatic hydroxyl groups excluding tert-OH is 2. The number of halogens is 12. The molecule has 0 aliphatic carbocycles. The summed E-state index contributed by atoms with van der Waals surface area (Å²) in [6.45, 7) is 0.